The lowest BCUT2D eigenvalue weighted by atomic mass is 9.85. The number of halogens is 1. The largest absolute Gasteiger partial charge is 0.494 e. The molecule has 3 heterocycles. The lowest BCUT2D eigenvalue weighted by Crippen LogP contribution is -2.44. The van der Waals surface area contributed by atoms with Gasteiger partial charge in [0.2, 0.25) is 11.8 Å². The third kappa shape index (κ3) is 4.30. The van der Waals surface area contributed by atoms with Crippen molar-refractivity contribution in [1.82, 2.24) is 14.7 Å². The molecule has 1 aromatic carbocycles. The first-order chi connectivity index (χ1) is 14.5. The van der Waals surface area contributed by atoms with Crippen molar-refractivity contribution in [2.24, 2.45) is 5.41 Å². The Morgan fingerprint density at radius 2 is 1.93 bits per heavy atom. The Labute approximate surface area is 176 Å². The molecule has 1 spiro atoms. The zero-order valence-corrected chi connectivity index (χ0v) is 17.6. The van der Waals surface area contributed by atoms with E-state index in [1.807, 2.05) is 4.90 Å². The average molecular weight is 419 g/mol. The standard InChI is InChI=1S/C22H30FN3O4/c1-29-19-3-2-17(14-18(19)23)15-20(27)26-7-5-22(16-26)4-6-25(21(22)28)9-8-24-10-12-30-13-11-24/h2-3,14H,4-13,15-16H2,1H3. The number of rotatable bonds is 6. The van der Waals surface area contributed by atoms with Crippen molar-refractivity contribution in [3.05, 3.63) is 29.6 Å². The maximum absolute atomic E-state index is 13.9. The molecule has 1 aromatic rings. The lowest BCUT2D eigenvalue weighted by Gasteiger charge is -2.29. The summed E-state index contributed by atoms with van der Waals surface area (Å²) in [6.45, 7) is 6.77. The molecule has 1 atom stereocenters. The molecule has 0 aromatic heterocycles. The first-order valence-electron chi connectivity index (χ1n) is 10.7. The molecule has 2 amide bonds. The van der Waals surface area contributed by atoms with E-state index in [0.717, 1.165) is 52.4 Å². The van der Waals surface area contributed by atoms with Crippen LogP contribution in [-0.2, 0) is 20.7 Å². The predicted octanol–water partition coefficient (Wildman–Crippen LogP) is 1.16. The van der Waals surface area contributed by atoms with Gasteiger partial charge in [-0.15, -0.1) is 0 Å². The Kier molecular flexibility index (Phi) is 6.24. The van der Waals surface area contributed by atoms with Crippen LogP contribution < -0.4 is 4.74 Å². The van der Waals surface area contributed by atoms with Crippen LogP contribution in [0.2, 0.25) is 0 Å². The minimum atomic E-state index is -0.470. The van der Waals surface area contributed by atoms with Gasteiger partial charge in [-0.25, -0.2) is 4.39 Å². The van der Waals surface area contributed by atoms with Gasteiger partial charge in [-0.2, -0.15) is 0 Å². The minimum Gasteiger partial charge on any atom is -0.494 e. The maximum Gasteiger partial charge on any atom is 0.230 e. The molecule has 3 aliphatic heterocycles. The monoisotopic (exact) mass is 419 g/mol. The Hall–Kier alpha value is -2.19. The van der Waals surface area contributed by atoms with E-state index in [1.165, 1.54) is 19.2 Å². The number of hydrogen-bond donors (Lipinski definition) is 0. The molecule has 0 aliphatic carbocycles. The van der Waals surface area contributed by atoms with Gasteiger partial charge < -0.3 is 19.3 Å². The van der Waals surface area contributed by atoms with Crippen molar-refractivity contribution in [3.8, 4) is 5.75 Å². The number of ether oxygens (including phenoxy) is 2. The number of amides is 2. The third-order valence-corrected chi connectivity index (χ3v) is 6.67. The van der Waals surface area contributed by atoms with Crippen LogP contribution in [0.25, 0.3) is 0 Å². The highest BCUT2D eigenvalue weighted by atomic mass is 19.1. The first-order valence-corrected chi connectivity index (χ1v) is 10.7. The van der Waals surface area contributed by atoms with Crippen molar-refractivity contribution in [2.45, 2.75) is 19.3 Å². The van der Waals surface area contributed by atoms with E-state index < -0.39 is 11.2 Å². The number of likely N-dealkylation sites (tertiary alicyclic amines) is 2. The lowest BCUT2D eigenvalue weighted by molar-refractivity contribution is -0.136. The van der Waals surface area contributed by atoms with Crippen LogP contribution in [-0.4, -0.2) is 92.7 Å². The number of methoxy groups -OCH3 is 1. The molecule has 7 nitrogen and oxygen atoms in total. The Balaban J connectivity index is 1.31. The number of hydrogen-bond acceptors (Lipinski definition) is 5. The number of carbonyl (C=O) groups is 2. The number of morpholine rings is 1. The smallest absolute Gasteiger partial charge is 0.230 e. The molecule has 0 radical (unpaired) electrons. The zero-order valence-electron chi connectivity index (χ0n) is 17.6. The van der Waals surface area contributed by atoms with Crippen molar-refractivity contribution < 1.29 is 23.5 Å². The maximum atomic E-state index is 13.9. The Morgan fingerprint density at radius 1 is 1.17 bits per heavy atom. The zero-order chi connectivity index (χ0) is 21.1. The van der Waals surface area contributed by atoms with Gasteiger partial charge in [-0.05, 0) is 30.5 Å². The van der Waals surface area contributed by atoms with E-state index >= 15 is 0 Å². The fraction of sp³-hybridized carbons (Fsp3) is 0.636. The molecule has 30 heavy (non-hydrogen) atoms. The number of benzene rings is 1. The molecule has 3 saturated heterocycles. The van der Waals surface area contributed by atoms with Gasteiger partial charge >= 0.3 is 0 Å². The normalized spacial score (nSPS) is 24.8. The summed E-state index contributed by atoms with van der Waals surface area (Å²) in [6, 6.07) is 4.59. The third-order valence-electron chi connectivity index (χ3n) is 6.67. The van der Waals surface area contributed by atoms with E-state index in [9.17, 15) is 14.0 Å². The molecule has 164 valence electrons. The molecule has 3 aliphatic rings. The van der Waals surface area contributed by atoms with E-state index in [2.05, 4.69) is 4.90 Å². The molecular weight excluding hydrogens is 389 g/mol. The number of carbonyl (C=O) groups excluding carboxylic acids is 2. The highest BCUT2D eigenvalue weighted by molar-refractivity contribution is 5.87. The quantitative estimate of drug-likeness (QED) is 0.693. The van der Waals surface area contributed by atoms with Gasteiger partial charge in [-0.3, -0.25) is 14.5 Å². The van der Waals surface area contributed by atoms with Crippen molar-refractivity contribution in [2.75, 3.05) is 66.1 Å². The van der Waals surface area contributed by atoms with Crippen LogP contribution in [0.5, 0.6) is 5.75 Å². The summed E-state index contributed by atoms with van der Waals surface area (Å²) < 4.78 is 24.2. The molecule has 3 fully saturated rings. The summed E-state index contributed by atoms with van der Waals surface area (Å²) >= 11 is 0. The van der Waals surface area contributed by atoms with E-state index in [1.54, 1.807) is 11.0 Å². The van der Waals surface area contributed by atoms with Crippen molar-refractivity contribution in [1.29, 1.82) is 0 Å². The molecular formula is C22H30FN3O4. The highest BCUT2D eigenvalue weighted by Crippen LogP contribution is 2.40. The average Bonchev–Trinajstić information content (AvgIpc) is 3.32. The fourth-order valence-electron chi connectivity index (χ4n) is 4.76. The summed E-state index contributed by atoms with van der Waals surface area (Å²) in [5.74, 6) is -0.180. The molecule has 1 unspecified atom stereocenters. The molecule has 0 N–H and O–H groups in total. The summed E-state index contributed by atoms with van der Waals surface area (Å²) in [7, 11) is 1.41. The van der Waals surface area contributed by atoms with Crippen LogP contribution in [0, 0.1) is 11.2 Å². The summed E-state index contributed by atoms with van der Waals surface area (Å²) in [4.78, 5) is 32.0. The van der Waals surface area contributed by atoms with Crippen LogP contribution in [0.15, 0.2) is 18.2 Å². The number of nitrogens with zero attached hydrogens (tertiary/aromatic N) is 3. The second kappa shape index (κ2) is 8.89. The van der Waals surface area contributed by atoms with Gasteiger partial charge in [0, 0.05) is 45.8 Å². The van der Waals surface area contributed by atoms with Crippen molar-refractivity contribution >= 4 is 11.8 Å². The van der Waals surface area contributed by atoms with Crippen LogP contribution >= 0.6 is 0 Å². The van der Waals surface area contributed by atoms with Crippen LogP contribution in [0.3, 0.4) is 0 Å². The second-order valence-electron chi connectivity index (χ2n) is 8.49. The van der Waals surface area contributed by atoms with Gasteiger partial charge in [-0.1, -0.05) is 6.07 Å². The summed E-state index contributed by atoms with van der Waals surface area (Å²) in [5, 5.41) is 0. The molecule has 4 rings (SSSR count). The summed E-state index contributed by atoms with van der Waals surface area (Å²) in [6.07, 6.45) is 1.64. The first kappa shape index (κ1) is 21.1. The van der Waals surface area contributed by atoms with Gasteiger partial charge in [0.05, 0.1) is 32.2 Å². The summed E-state index contributed by atoms with van der Waals surface area (Å²) in [5.41, 5.74) is 0.176. The Morgan fingerprint density at radius 3 is 2.67 bits per heavy atom. The topological polar surface area (TPSA) is 62.3 Å². The highest BCUT2D eigenvalue weighted by Gasteiger charge is 2.51. The molecule has 8 heteroatoms. The molecule has 0 bridgehead atoms. The minimum absolute atomic E-state index is 0.0593. The van der Waals surface area contributed by atoms with E-state index in [4.69, 9.17) is 9.47 Å². The SMILES string of the molecule is COc1ccc(CC(=O)N2CCC3(CCN(CCN4CCOCC4)C3=O)C2)cc1F. The van der Waals surface area contributed by atoms with E-state index in [-0.39, 0.29) is 24.0 Å². The van der Waals surface area contributed by atoms with Gasteiger partial charge in [0.1, 0.15) is 0 Å². The van der Waals surface area contributed by atoms with Gasteiger partial charge in [0.15, 0.2) is 11.6 Å². The molecule has 0 saturated carbocycles. The van der Waals surface area contributed by atoms with Crippen LogP contribution in [0.4, 0.5) is 4.39 Å². The predicted molar refractivity (Wildman–Crippen MR) is 109 cm³/mol. The van der Waals surface area contributed by atoms with Crippen LogP contribution in [0.1, 0.15) is 18.4 Å². The second-order valence-corrected chi connectivity index (χ2v) is 8.49. The Bertz CT molecular complexity index is 799. The van der Waals surface area contributed by atoms with Gasteiger partial charge in [0.25, 0.3) is 0 Å². The van der Waals surface area contributed by atoms with E-state index in [0.29, 0.717) is 25.1 Å². The van der Waals surface area contributed by atoms with Crippen molar-refractivity contribution in [3.63, 3.8) is 0 Å². The fourth-order valence-corrected chi connectivity index (χ4v) is 4.76.